The van der Waals surface area contributed by atoms with Crippen LogP contribution >= 0.6 is 0 Å². The molecule has 0 aromatic carbocycles. The number of carbonyl (C=O) groups excluding carboxylic acids is 1. The van der Waals surface area contributed by atoms with E-state index in [1.54, 1.807) is 0 Å². The van der Waals surface area contributed by atoms with E-state index in [0.29, 0.717) is 12.8 Å². The highest BCUT2D eigenvalue weighted by Gasteiger charge is 2.44. The Morgan fingerprint density at radius 3 is 1.10 bits per heavy atom. The average Bonchev–Trinajstić information content (AvgIpc) is 3.66. The molecule has 1 fully saturated rings. The van der Waals surface area contributed by atoms with Crippen molar-refractivity contribution in [1.82, 2.24) is 5.32 Å². The third-order valence-corrected chi connectivity index (χ3v) is 17.7. The lowest BCUT2D eigenvalue weighted by atomic mass is 9.98. The van der Waals surface area contributed by atoms with Gasteiger partial charge >= 0.3 is 0 Å². The molecule has 0 bridgehead atoms. The minimum Gasteiger partial charge on any atom is -0.394 e. The molecule has 11 heteroatoms. The van der Waals surface area contributed by atoms with Crippen molar-refractivity contribution >= 4 is 5.91 Å². The molecule has 1 rings (SSSR count). The number of hydrogen-bond donors (Lipinski definition) is 8. The van der Waals surface area contributed by atoms with Crippen LogP contribution in [0.15, 0.2) is 36.5 Å². The zero-order valence-electron chi connectivity index (χ0n) is 54.9. The van der Waals surface area contributed by atoms with E-state index in [2.05, 4.69) is 55.6 Å². The Kier molecular flexibility index (Phi) is 58.9. The molecular weight excluding hydrogens is 1050 g/mol. The molecule has 9 atom stereocenters. The highest BCUT2D eigenvalue weighted by molar-refractivity contribution is 5.80. The molecule has 1 heterocycles. The Morgan fingerprint density at radius 2 is 0.738 bits per heavy atom. The minimum atomic E-state index is -1.67. The summed E-state index contributed by atoms with van der Waals surface area (Å²) in [4.78, 5) is 13.3. The van der Waals surface area contributed by atoms with Crippen molar-refractivity contribution in [2.24, 2.45) is 0 Å². The molecule has 1 amide bonds. The van der Waals surface area contributed by atoms with E-state index in [1.165, 1.54) is 270 Å². The normalized spacial score (nSPS) is 19.1. The third kappa shape index (κ3) is 48.3. The van der Waals surface area contributed by atoms with Gasteiger partial charge in [0.1, 0.15) is 36.6 Å². The fraction of sp³-hybridized carbons (Fsp3) is 0.904. The van der Waals surface area contributed by atoms with Crippen LogP contribution in [0, 0.1) is 0 Å². The van der Waals surface area contributed by atoms with E-state index in [-0.39, 0.29) is 12.8 Å². The van der Waals surface area contributed by atoms with Gasteiger partial charge in [-0.15, -0.1) is 0 Å². The van der Waals surface area contributed by atoms with Gasteiger partial charge in [-0.1, -0.05) is 320 Å². The summed E-state index contributed by atoms with van der Waals surface area (Å²) in [5.41, 5.74) is 0. The Bertz CT molecular complexity index is 1460. The average molecular weight is 1190 g/mol. The first-order valence-corrected chi connectivity index (χ1v) is 36.4. The minimum absolute atomic E-state index is 0.256. The van der Waals surface area contributed by atoms with E-state index < -0.39 is 74.2 Å². The van der Waals surface area contributed by atoms with Crippen molar-refractivity contribution in [1.29, 1.82) is 0 Å². The maximum Gasteiger partial charge on any atom is 0.249 e. The lowest BCUT2D eigenvalue weighted by Crippen LogP contribution is -2.60. The summed E-state index contributed by atoms with van der Waals surface area (Å²) < 4.78 is 11.2. The van der Waals surface area contributed by atoms with Crippen LogP contribution in [-0.4, -0.2) is 110 Å². The van der Waals surface area contributed by atoms with Gasteiger partial charge in [0, 0.05) is 0 Å². The van der Waals surface area contributed by atoms with Crippen molar-refractivity contribution in [2.75, 3.05) is 13.2 Å². The third-order valence-electron chi connectivity index (χ3n) is 17.7. The number of unbranched alkanes of at least 4 members (excludes halogenated alkanes) is 46. The maximum atomic E-state index is 13.3. The molecule has 496 valence electrons. The maximum absolute atomic E-state index is 13.3. The predicted octanol–water partition coefficient (Wildman–Crippen LogP) is 17.8. The van der Waals surface area contributed by atoms with Gasteiger partial charge in [0.25, 0.3) is 0 Å². The summed E-state index contributed by atoms with van der Waals surface area (Å²) in [5, 5.41) is 76.5. The van der Waals surface area contributed by atoms with Gasteiger partial charge in [0.05, 0.1) is 25.4 Å². The molecule has 0 aliphatic carbocycles. The highest BCUT2D eigenvalue weighted by atomic mass is 16.7. The van der Waals surface area contributed by atoms with Gasteiger partial charge in [-0.2, -0.15) is 0 Å². The van der Waals surface area contributed by atoms with Gasteiger partial charge in [-0.3, -0.25) is 4.79 Å². The first-order chi connectivity index (χ1) is 41.2. The second-order valence-electron chi connectivity index (χ2n) is 25.7. The molecule has 1 saturated heterocycles. The lowest BCUT2D eigenvalue weighted by Gasteiger charge is -2.40. The number of carbonyl (C=O) groups is 1. The summed E-state index contributed by atoms with van der Waals surface area (Å²) in [6, 6.07) is -1.19. The molecule has 0 saturated carbocycles. The number of rotatable bonds is 64. The molecule has 11 nitrogen and oxygen atoms in total. The highest BCUT2D eigenvalue weighted by Crippen LogP contribution is 2.24. The Morgan fingerprint density at radius 1 is 0.417 bits per heavy atom. The molecule has 0 aromatic rings. The second kappa shape index (κ2) is 61.6. The molecular formula is C73H139NO10. The molecule has 0 spiro atoms. The predicted molar refractivity (Wildman–Crippen MR) is 353 cm³/mol. The van der Waals surface area contributed by atoms with Crippen molar-refractivity contribution in [2.45, 2.75) is 409 Å². The summed E-state index contributed by atoms with van der Waals surface area (Å²) in [6.07, 6.45) is 68.1. The molecule has 84 heavy (non-hydrogen) atoms. The smallest absolute Gasteiger partial charge is 0.249 e. The van der Waals surface area contributed by atoms with Crippen molar-refractivity contribution in [3.8, 4) is 0 Å². The van der Waals surface area contributed by atoms with E-state index in [0.717, 1.165) is 44.9 Å². The number of amides is 1. The Balaban J connectivity index is 2.18. The van der Waals surface area contributed by atoms with Crippen molar-refractivity contribution in [3.63, 3.8) is 0 Å². The molecule has 1 aliphatic rings. The molecule has 0 aromatic heterocycles. The zero-order valence-corrected chi connectivity index (χ0v) is 54.9. The van der Waals surface area contributed by atoms with Crippen LogP contribution < -0.4 is 5.32 Å². The molecule has 8 N–H and O–H groups in total. The van der Waals surface area contributed by atoms with Gasteiger partial charge in [-0.25, -0.2) is 0 Å². The Hall–Kier alpha value is -1.67. The topological polar surface area (TPSA) is 189 Å². The second-order valence-corrected chi connectivity index (χ2v) is 25.7. The number of aliphatic hydroxyl groups is 7. The number of hydrogen-bond acceptors (Lipinski definition) is 10. The summed E-state index contributed by atoms with van der Waals surface area (Å²) >= 11 is 0. The SMILES string of the molecule is CCCCCCCCCCCCC/C=C\C/C=C\CCCCCCCCCCCCCCCCCCC(O)C(=O)NC(COC1OC(CO)C(O)C(O)C1O)C(O)C(O)CCC/C=C/CCCCCCCCCCCCCCCCCCCC. The number of aliphatic hydroxyl groups excluding tert-OH is 7. The van der Waals surface area contributed by atoms with E-state index in [4.69, 9.17) is 9.47 Å². The molecule has 0 radical (unpaired) electrons. The fourth-order valence-electron chi connectivity index (χ4n) is 11.8. The van der Waals surface area contributed by atoms with Gasteiger partial charge < -0.3 is 50.5 Å². The van der Waals surface area contributed by atoms with Gasteiger partial charge in [0.15, 0.2) is 6.29 Å². The first kappa shape index (κ1) is 80.3. The standard InChI is InChI=1S/C73H139NO10/c1-3-5-7-9-11-13-15-17-19-21-23-25-27-28-29-30-31-32-33-34-35-36-37-39-41-43-45-47-49-51-53-55-57-59-61-66(77)72(82)74-64(63-83-73-71(81)70(80)69(79)67(62-75)84-73)68(78)65(76)60-58-56-54-52-50-48-46-44-42-40-38-26-24-22-20-18-16-14-12-10-8-6-4-2/h27-28,30-31,52,54,64-71,73,75-81H,3-26,29,32-51,53,55-63H2,1-2H3,(H,74,82)/b28-27-,31-30-,54-52+. The monoisotopic (exact) mass is 1190 g/mol. The molecule has 9 unspecified atom stereocenters. The van der Waals surface area contributed by atoms with Crippen molar-refractivity contribution in [3.05, 3.63) is 36.5 Å². The van der Waals surface area contributed by atoms with Crippen molar-refractivity contribution < 1.29 is 50.0 Å². The van der Waals surface area contributed by atoms with Crippen LogP contribution in [0.3, 0.4) is 0 Å². The largest absolute Gasteiger partial charge is 0.394 e. The lowest BCUT2D eigenvalue weighted by molar-refractivity contribution is -0.303. The van der Waals surface area contributed by atoms with Gasteiger partial charge in [0.2, 0.25) is 5.91 Å². The quantitative estimate of drug-likeness (QED) is 0.0215. The van der Waals surface area contributed by atoms with Crippen LogP contribution in [0.2, 0.25) is 0 Å². The van der Waals surface area contributed by atoms with Crippen LogP contribution in [0.1, 0.15) is 354 Å². The van der Waals surface area contributed by atoms with E-state index in [9.17, 15) is 40.5 Å². The van der Waals surface area contributed by atoms with Crippen LogP contribution in [-0.2, 0) is 14.3 Å². The fourth-order valence-corrected chi connectivity index (χ4v) is 11.8. The number of nitrogens with one attached hydrogen (secondary N) is 1. The summed E-state index contributed by atoms with van der Waals surface area (Å²) in [6.45, 7) is 3.50. The van der Waals surface area contributed by atoms with Crippen LogP contribution in [0.5, 0.6) is 0 Å². The summed E-state index contributed by atoms with van der Waals surface area (Å²) in [5.74, 6) is -0.701. The number of allylic oxidation sites excluding steroid dienone is 6. The first-order valence-electron chi connectivity index (χ1n) is 36.4. The van der Waals surface area contributed by atoms with E-state index >= 15 is 0 Å². The molecule has 1 aliphatic heterocycles. The zero-order chi connectivity index (χ0) is 61.0. The van der Waals surface area contributed by atoms with E-state index in [1.807, 2.05) is 0 Å². The van der Waals surface area contributed by atoms with Gasteiger partial charge in [-0.05, 0) is 70.6 Å². The Labute approximate surface area is 517 Å². The number of ether oxygens (including phenoxy) is 2. The van der Waals surface area contributed by atoms with Crippen LogP contribution in [0.4, 0.5) is 0 Å². The summed E-state index contributed by atoms with van der Waals surface area (Å²) in [7, 11) is 0. The van der Waals surface area contributed by atoms with Crippen LogP contribution in [0.25, 0.3) is 0 Å².